The minimum Gasteiger partial charge on any atom is -0.222 e. The highest BCUT2D eigenvalue weighted by Gasteiger charge is 2.28. The fourth-order valence-corrected chi connectivity index (χ4v) is 3.50. The van der Waals surface area contributed by atoms with Crippen LogP contribution in [0.25, 0.3) is 10.2 Å². The van der Waals surface area contributed by atoms with Crippen molar-refractivity contribution >= 4 is 31.4 Å². The van der Waals surface area contributed by atoms with Crippen molar-refractivity contribution in [2.75, 3.05) is 6.26 Å². The smallest absolute Gasteiger partial charge is 0.222 e. The van der Waals surface area contributed by atoms with E-state index in [9.17, 15) is 21.6 Å². The second kappa shape index (κ2) is 4.96. The Balaban J connectivity index is 2.53. The van der Waals surface area contributed by atoms with Crippen molar-refractivity contribution in [3.8, 4) is 0 Å². The number of sulfone groups is 1. The van der Waals surface area contributed by atoms with Crippen LogP contribution in [-0.4, -0.2) is 30.8 Å². The second-order valence-corrected chi connectivity index (χ2v) is 7.57. The van der Waals surface area contributed by atoms with E-state index in [4.69, 9.17) is 0 Å². The number of thiophene rings is 1. The Morgan fingerprint density at radius 2 is 1.95 bits per heavy atom. The van der Waals surface area contributed by atoms with Crippen molar-refractivity contribution in [2.45, 2.75) is 31.0 Å². The Bertz CT molecular complexity index is 751. The van der Waals surface area contributed by atoms with Gasteiger partial charge in [-0.1, -0.05) is 0 Å². The van der Waals surface area contributed by atoms with Gasteiger partial charge in [0.2, 0.25) is 0 Å². The standard InChI is InChI=1S/C11H11F3N2O2S2/c1-6-5-7-9(19-6)15-8(3-4-11(12,13)14)16-10(7)20(2,17)18/h5H,3-4H2,1-2H3. The molecule has 2 aromatic rings. The number of aryl methyl sites for hydroxylation is 2. The average molecular weight is 324 g/mol. The summed E-state index contributed by atoms with van der Waals surface area (Å²) < 4.78 is 60.1. The van der Waals surface area contributed by atoms with Crippen molar-refractivity contribution in [2.24, 2.45) is 0 Å². The lowest BCUT2D eigenvalue weighted by Crippen LogP contribution is -2.12. The van der Waals surface area contributed by atoms with Gasteiger partial charge in [-0.3, -0.25) is 0 Å². The minimum atomic E-state index is -4.32. The maximum Gasteiger partial charge on any atom is 0.389 e. The Kier molecular flexibility index (Phi) is 3.76. The third-order valence-electron chi connectivity index (χ3n) is 2.51. The highest BCUT2D eigenvalue weighted by molar-refractivity contribution is 7.90. The summed E-state index contributed by atoms with van der Waals surface area (Å²) in [6.07, 6.45) is -4.85. The zero-order valence-electron chi connectivity index (χ0n) is 10.7. The maximum absolute atomic E-state index is 12.2. The van der Waals surface area contributed by atoms with Crippen molar-refractivity contribution < 1.29 is 21.6 Å². The predicted octanol–water partition coefficient (Wildman–Crippen LogP) is 2.90. The number of hydrogen-bond donors (Lipinski definition) is 0. The van der Waals surface area contributed by atoms with E-state index in [-0.39, 0.29) is 10.9 Å². The molecule has 0 spiro atoms. The van der Waals surface area contributed by atoms with Gasteiger partial charge in [-0.25, -0.2) is 18.4 Å². The fraction of sp³-hybridized carbons (Fsp3) is 0.455. The lowest BCUT2D eigenvalue weighted by Gasteiger charge is -2.06. The van der Waals surface area contributed by atoms with Crippen LogP contribution < -0.4 is 0 Å². The minimum absolute atomic E-state index is 0.0999. The zero-order chi connectivity index (χ0) is 15.1. The molecule has 0 aliphatic carbocycles. The van der Waals surface area contributed by atoms with Crippen LogP contribution in [0.3, 0.4) is 0 Å². The first-order valence-electron chi connectivity index (χ1n) is 5.60. The van der Waals surface area contributed by atoms with E-state index in [0.717, 1.165) is 11.1 Å². The van der Waals surface area contributed by atoms with Crippen LogP contribution in [0, 0.1) is 6.92 Å². The first kappa shape index (κ1) is 15.2. The van der Waals surface area contributed by atoms with Crippen LogP contribution in [0.2, 0.25) is 0 Å². The number of fused-ring (bicyclic) bond motifs is 1. The van der Waals surface area contributed by atoms with Gasteiger partial charge in [0.05, 0.1) is 6.42 Å². The van der Waals surface area contributed by atoms with Gasteiger partial charge in [-0.05, 0) is 13.0 Å². The molecule has 0 radical (unpaired) electrons. The number of hydrogen-bond acceptors (Lipinski definition) is 5. The van der Waals surface area contributed by atoms with E-state index in [0.29, 0.717) is 10.2 Å². The molecule has 4 nitrogen and oxygen atoms in total. The molecular weight excluding hydrogens is 313 g/mol. The molecule has 0 bridgehead atoms. The lowest BCUT2D eigenvalue weighted by atomic mass is 10.3. The van der Waals surface area contributed by atoms with Crippen molar-refractivity contribution in [3.63, 3.8) is 0 Å². The quantitative estimate of drug-likeness (QED) is 0.815. The van der Waals surface area contributed by atoms with Gasteiger partial charge in [0.1, 0.15) is 10.7 Å². The summed E-state index contributed by atoms with van der Waals surface area (Å²) in [5.74, 6) is -0.0999. The van der Waals surface area contributed by atoms with Crippen LogP contribution in [0.1, 0.15) is 17.1 Å². The normalized spacial score (nSPS) is 13.1. The summed E-state index contributed by atoms with van der Waals surface area (Å²) in [6, 6.07) is 1.63. The first-order chi connectivity index (χ1) is 9.06. The Labute approximate surface area is 117 Å². The molecular formula is C11H11F3N2O2S2. The van der Waals surface area contributed by atoms with E-state index < -0.39 is 28.9 Å². The molecule has 0 atom stereocenters. The zero-order valence-corrected chi connectivity index (χ0v) is 12.3. The van der Waals surface area contributed by atoms with Gasteiger partial charge >= 0.3 is 6.18 Å². The largest absolute Gasteiger partial charge is 0.389 e. The molecule has 110 valence electrons. The van der Waals surface area contributed by atoms with Crippen LogP contribution in [0.5, 0.6) is 0 Å². The average Bonchev–Trinajstić information content (AvgIpc) is 2.62. The van der Waals surface area contributed by atoms with Crippen molar-refractivity contribution in [1.29, 1.82) is 0 Å². The van der Waals surface area contributed by atoms with Gasteiger partial charge in [0, 0.05) is 22.9 Å². The van der Waals surface area contributed by atoms with Crippen molar-refractivity contribution in [1.82, 2.24) is 9.97 Å². The fourth-order valence-electron chi connectivity index (χ4n) is 1.71. The number of rotatable bonds is 3. The molecule has 0 saturated carbocycles. The first-order valence-corrected chi connectivity index (χ1v) is 8.31. The van der Waals surface area contributed by atoms with E-state index in [2.05, 4.69) is 9.97 Å². The topological polar surface area (TPSA) is 59.9 Å². The molecule has 0 amide bonds. The highest BCUT2D eigenvalue weighted by atomic mass is 32.2. The third-order valence-corrected chi connectivity index (χ3v) is 4.47. The Morgan fingerprint density at radius 3 is 2.50 bits per heavy atom. The number of aromatic nitrogens is 2. The molecule has 9 heteroatoms. The van der Waals surface area contributed by atoms with Crippen molar-refractivity contribution in [3.05, 3.63) is 16.8 Å². The van der Waals surface area contributed by atoms with Gasteiger partial charge < -0.3 is 0 Å². The summed E-state index contributed by atoms with van der Waals surface area (Å²) in [4.78, 5) is 9.04. The summed E-state index contributed by atoms with van der Waals surface area (Å²) in [5, 5.41) is 0.162. The van der Waals surface area contributed by atoms with Crippen LogP contribution in [0.15, 0.2) is 11.1 Å². The molecule has 0 N–H and O–H groups in total. The molecule has 0 aromatic carbocycles. The molecule has 2 heterocycles. The second-order valence-electron chi connectivity index (χ2n) is 4.41. The maximum atomic E-state index is 12.2. The van der Waals surface area contributed by atoms with E-state index in [1.807, 2.05) is 0 Å². The van der Waals surface area contributed by atoms with E-state index in [1.54, 1.807) is 13.0 Å². The SMILES string of the molecule is Cc1cc2c(S(C)(=O)=O)nc(CCC(F)(F)F)nc2s1. The molecule has 0 unspecified atom stereocenters. The highest BCUT2D eigenvalue weighted by Crippen LogP contribution is 2.29. The van der Waals surface area contributed by atoms with Gasteiger partial charge in [-0.15, -0.1) is 11.3 Å². The predicted molar refractivity (Wildman–Crippen MR) is 69.6 cm³/mol. The Hall–Kier alpha value is -1.22. The summed E-state index contributed by atoms with van der Waals surface area (Å²) in [5.41, 5.74) is 0. The summed E-state index contributed by atoms with van der Waals surface area (Å²) in [6.45, 7) is 1.77. The number of halogens is 3. The van der Waals surface area contributed by atoms with E-state index >= 15 is 0 Å². The third kappa shape index (κ3) is 3.45. The monoisotopic (exact) mass is 324 g/mol. The molecule has 20 heavy (non-hydrogen) atoms. The van der Waals surface area contributed by atoms with E-state index in [1.165, 1.54) is 11.3 Å². The molecule has 2 rings (SSSR count). The lowest BCUT2D eigenvalue weighted by molar-refractivity contribution is -0.134. The van der Waals surface area contributed by atoms with Gasteiger partial charge in [-0.2, -0.15) is 13.2 Å². The molecule has 2 aromatic heterocycles. The number of alkyl halides is 3. The van der Waals surface area contributed by atoms with Gasteiger partial charge in [0.25, 0.3) is 0 Å². The molecule has 0 fully saturated rings. The van der Waals surface area contributed by atoms with Crippen LogP contribution >= 0.6 is 11.3 Å². The summed E-state index contributed by atoms with van der Waals surface area (Å²) in [7, 11) is -3.62. The Morgan fingerprint density at radius 1 is 1.30 bits per heavy atom. The van der Waals surface area contributed by atoms with Gasteiger partial charge in [0.15, 0.2) is 14.9 Å². The molecule has 0 saturated heterocycles. The number of nitrogens with zero attached hydrogens (tertiary/aromatic N) is 2. The van der Waals surface area contributed by atoms with Crippen LogP contribution in [0.4, 0.5) is 13.2 Å². The summed E-state index contributed by atoms with van der Waals surface area (Å²) >= 11 is 1.23. The van der Waals surface area contributed by atoms with Crippen LogP contribution in [-0.2, 0) is 16.3 Å². The molecule has 0 aliphatic rings. The molecule has 0 aliphatic heterocycles.